The predicted octanol–water partition coefficient (Wildman–Crippen LogP) is 4.13. The number of pyridine rings is 2. The van der Waals surface area contributed by atoms with Gasteiger partial charge in [-0.2, -0.15) is 5.26 Å². The van der Waals surface area contributed by atoms with Crippen molar-refractivity contribution < 1.29 is 0 Å². The molecule has 0 spiro atoms. The second-order valence-corrected chi connectivity index (χ2v) is 6.37. The van der Waals surface area contributed by atoms with E-state index in [4.69, 9.17) is 16.9 Å². The van der Waals surface area contributed by atoms with Crippen LogP contribution in [0.1, 0.15) is 5.56 Å². The van der Waals surface area contributed by atoms with Crippen LogP contribution >= 0.6 is 22.9 Å². The number of nitrogens with zero attached hydrogens (tertiary/aromatic N) is 3. The highest BCUT2D eigenvalue weighted by atomic mass is 35.5. The summed E-state index contributed by atoms with van der Waals surface area (Å²) < 4.78 is 2.18. The van der Waals surface area contributed by atoms with Gasteiger partial charge in [0, 0.05) is 28.9 Å². The molecular formula is C17H8ClN3OS. The Balaban J connectivity index is 2.01. The summed E-state index contributed by atoms with van der Waals surface area (Å²) in [5, 5.41) is 11.1. The molecule has 23 heavy (non-hydrogen) atoms. The summed E-state index contributed by atoms with van der Waals surface area (Å²) in [6, 6.07) is 12.6. The van der Waals surface area contributed by atoms with Crippen molar-refractivity contribution in [1.82, 2.24) is 9.55 Å². The minimum atomic E-state index is -0.119. The van der Waals surface area contributed by atoms with Crippen LogP contribution in [0.4, 0.5) is 0 Å². The van der Waals surface area contributed by atoms with Crippen LogP contribution in [-0.4, -0.2) is 9.55 Å². The first kappa shape index (κ1) is 13.9. The molecule has 0 saturated heterocycles. The van der Waals surface area contributed by atoms with Crippen molar-refractivity contribution in [3.63, 3.8) is 0 Å². The highest BCUT2D eigenvalue weighted by Crippen LogP contribution is 2.34. The van der Waals surface area contributed by atoms with Crippen molar-refractivity contribution in [3.8, 4) is 11.8 Å². The lowest BCUT2D eigenvalue weighted by atomic mass is 10.2. The van der Waals surface area contributed by atoms with Gasteiger partial charge in [-0.15, -0.1) is 11.3 Å². The fraction of sp³-hybridized carbons (Fsp3) is 0. The molecule has 0 aliphatic rings. The average molecular weight is 338 g/mol. The molecule has 3 heterocycles. The van der Waals surface area contributed by atoms with E-state index >= 15 is 0 Å². The standard InChI is InChI=1S/C17H8ClN3OS/c18-13-5-7-20-16-14(13)12-6-8-21(17(22)15(12)23-16)11-3-1-10(9-19)2-4-11/h1-8H. The number of thiophene rings is 1. The molecular weight excluding hydrogens is 330 g/mol. The zero-order valence-corrected chi connectivity index (χ0v) is 13.2. The smallest absolute Gasteiger partial charge is 0.273 e. The molecule has 4 rings (SSSR count). The summed E-state index contributed by atoms with van der Waals surface area (Å²) in [5.41, 5.74) is 1.15. The predicted molar refractivity (Wildman–Crippen MR) is 92.4 cm³/mol. The van der Waals surface area contributed by atoms with Crippen molar-refractivity contribution in [2.24, 2.45) is 0 Å². The maximum Gasteiger partial charge on any atom is 0.273 e. The quantitative estimate of drug-likeness (QED) is 0.525. The topological polar surface area (TPSA) is 58.7 Å². The third-order valence-electron chi connectivity index (χ3n) is 3.66. The number of benzene rings is 1. The number of rotatable bonds is 1. The van der Waals surface area contributed by atoms with Crippen molar-refractivity contribution in [1.29, 1.82) is 5.26 Å². The van der Waals surface area contributed by atoms with Crippen molar-refractivity contribution in [3.05, 3.63) is 69.7 Å². The lowest BCUT2D eigenvalue weighted by molar-refractivity contribution is 1.01. The highest BCUT2D eigenvalue weighted by molar-refractivity contribution is 7.25. The molecule has 0 fully saturated rings. The number of nitriles is 1. The molecule has 4 nitrogen and oxygen atoms in total. The van der Waals surface area contributed by atoms with Crippen molar-refractivity contribution in [2.75, 3.05) is 0 Å². The lowest BCUT2D eigenvalue weighted by Crippen LogP contribution is -2.16. The molecule has 1 aromatic carbocycles. The van der Waals surface area contributed by atoms with Gasteiger partial charge in [-0.3, -0.25) is 9.36 Å². The van der Waals surface area contributed by atoms with E-state index in [0.717, 1.165) is 15.6 Å². The second kappa shape index (κ2) is 5.20. The van der Waals surface area contributed by atoms with Gasteiger partial charge in [0.05, 0.1) is 16.7 Å². The van der Waals surface area contributed by atoms with Gasteiger partial charge in [0.2, 0.25) is 0 Å². The van der Waals surface area contributed by atoms with E-state index in [2.05, 4.69) is 11.1 Å². The van der Waals surface area contributed by atoms with Gasteiger partial charge in [-0.05, 0) is 36.4 Å². The maximum atomic E-state index is 12.8. The molecule has 0 saturated carbocycles. The first-order chi connectivity index (χ1) is 11.2. The van der Waals surface area contributed by atoms with Crippen molar-refractivity contribution >= 4 is 43.2 Å². The van der Waals surface area contributed by atoms with Crippen LogP contribution in [0.3, 0.4) is 0 Å². The minimum Gasteiger partial charge on any atom is -0.283 e. The number of aromatic nitrogens is 2. The van der Waals surface area contributed by atoms with Gasteiger partial charge >= 0.3 is 0 Å². The first-order valence-corrected chi connectivity index (χ1v) is 7.97. The second-order valence-electron chi connectivity index (χ2n) is 4.97. The Bertz CT molecular complexity index is 1150. The largest absolute Gasteiger partial charge is 0.283 e. The fourth-order valence-corrected chi connectivity index (χ4v) is 3.95. The molecule has 0 bridgehead atoms. The zero-order chi connectivity index (χ0) is 16.0. The Labute approximate surface area is 139 Å². The minimum absolute atomic E-state index is 0.119. The van der Waals surface area contributed by atoms with E-state index < -0.39 is 0 Å². The summed E-state index contributed by atoms with van der Waals surface area (Å²) in [6.45, 7) is 0. The normalized spacial score (nSPS) is 11.0. The van der Waals surface area contributed by atoms with E-state index in [-0.39, 0.29) is 5.56 Å². The van der Waals surface area contributed by atoms with Gasteiger partial charge in [0.15, 0.2) is 0 Å². The van der Waals surface area contributed by atoms with Crippen LogP contribution in [0.2, 0.25) is 5.02 Å². The Hall–Kier alpha value is -2.68. The third-order valence-corrected chi connectivity index (χ3v) is 5.07. The maximum absolute atomic E-state index is 12.8. The molecule has 4 aromatic rings. The van der Waals surface area contributed by atoms with Crippen LogP contribution < -0.4 is 5.56 Å². The van der Waals surface area contributed by atoms with Crippen LogP contribution in [-0.2, 0) is 0 Å². The van der Waals surface area contributed by atoms with Crippen LogP contribution in [0.25, 0.3) is 26.0 Å². The van der Waals surface area contributed by atoms with Gasteiger partial charge in [0.25, 0.3) is 5.56 Å². The third kappa shape index (κ3) is 2.12. The van der Waals surface area contributed by atoms with Gasteiger partial charge < -0.3 is 0 Å². The molecule has 0 aliphatic carbocycles. The Kier molecular flexibility index (Phi) is 3.15. The highest BCUT2D eigenvalue weighted by Gasteiger charge is 2.13. The van der Waals surface area contributed by atoms with Crippen LogP contribution in [0, 0.1) is 11.3 Å². The van der Waals surface area contributed by atoms with Crippen LogP contribution in [0.15, 0.2) is 53.6 Å². The Morgan fingerprint density at radius 3 is 2.70 bits per heavy atom. The molecule has 0 radical (unpaired) electrons. The number of halogens is 1. The molecule has 0 aliphatic heterocycles. The molecule has 6 heteroatoms. The Morgan fingerprint density at radius 1 is 1.17 bits per heavy atom. The van der Waals surface area contributed by atoms with Gasteiger partial charge in [0.1, 0.15) is 9.53 Å². The van der Waals surface area contributed by atoms with E-state index in [1.165, 1.54) is 11.3 Å². The van der Waals surface area contributed by atoms with Crippen LogP contribution in [0.5, 0.6) is 0 Å². The van der Waals surface area contributed by atoms with Crippen molar-refractivity contribution in [2.45, 2.75) is 0 Å². The summed E-state index contributed by atoms with van der Waals surface area (Å²) in [4.78, 5) is 17.8. The molecule has 0 N–H and O–H groups in total. The van der Waals surface area contributed by atoms with Gasteiger partial charge in [-0.1, -0.05) is 11.6 Å². The van der Waals surface area contributed by atoms with E-state index in [1.54, 1.807) is 47.3 Å². The molecule has 110 valence electrons. The number of hydrogen-bond donors (Lipinski definition) is 0. The molecule has 0 amide bonds. The SMILES string of the molecule is N#Cc1ccc(-n2ccc3c(sc4nccc(Cl)c43)c2=O)cc1. The molecule has 0 unspecified atom stereocenters. The lowest BCUT2D eigenvalue weighted by Gasteiger charge is -2.05. The monoisotopic (exact) mass is 337 g/mol. The molecule has 3 aromatic heterocycles. The summed E-state index contributed by atoms with van der Waals surface area (Å²) >= 11 is 7.58. The van der Waals surface area contributed by atoms with E-state index in [1.807, 2.05) is 6.07 Å². The van der Waals surface area contributed by atoms with E-state index in [9.17, 15) is 4.79 Å². The first-order valence-electron chi connectivity index (χ1n) is 6.78. The zero-order valence-electron chi connectivity index (χ0n) is 11.7. The molecule has 0 atom stereocenters. The number of fused-ring (bicyclic) bond motifs is 3. The summed E-state index contributed by atoms with van der Waals surface area (Å²) in [7, 11) is 0. The average Bonchev–Trinajstić information content (AvgIpc) is 2.96. The fourth-order valence-electron chi connectivity index (χ4n) is 2.55. The summed E-state index contributed by atoms with van der Waals surface area (Å²) in [6.07, 6.45) is 3.36. The van der Waals surface area contributed by atoms with Gasteiger partial charge in [-0.25, -0.2) is 4.98 Å². The van der Waals surface area contributed by atoms with E-state index in [0.29, 0.717) is 21.0 Å². The Morgan fingerprint density at radius 2 is 1.96 bits per heavy atom. The summed E-state index contributed by atoms with van der Waals surface area (Å²) in [5.74, 6) is 0. The number of hydrogen-bond acceptors (Lipinski definition) is 4.